The minimum absolute atomic E-state index is 0.118. The maximum Gasteiger partial charge on any atom is 0.303 e. The Balaban J connectivity index is 1.85. The van der Waals surface area contributed by atoms with Gasteiger partial charge in [0.15, 0.2) is 0 Å². The maximum absolute atomic E-state index is 11.9. The van der Waals surface area contributed by atoms with Crippen molar-refractivity contribution < 1.29 is 14.7 Å². The van der Waals surface area contributed by atoms with Crippen molar-refractivity contribution in [3.8, 4) is 10.6 Å². The highest BCUT2D eigenvalue weighted by molar-refractivity contribution is 7.13. The zero-order chi connectivity index (χ0) is 17.5. The van der Waals surface area contributed by atoms with Crippen LogP contribution in [0.25, 0.3) is 10.6 Å². The van der Waals surface area contributed by atoms with Gasteiger partial charge in [-0.1, -0.05) is 23.2 Å². The van der Waals surface area contributed by atoms with Gasteiger partial charge in [-0.3, -0.25) is 9.59 Å². The largest absolute Gasteiger partial charge is 0.481 e. The van der Waals surface area contributed by atoms with Gasteiger partial charge in [0.1, 0.15) is 5.01 Å². The molecule has 1 aromatic carbocycles. The van der Waals surface area contributed by atoms with Gasteiger partial charge in [0.05, 0.1) is 17.1 Å². The number of carbonyl (C=O) groups excluding carboxylic acids is 1. The Kier molecular flexibility index (Phi) is 7.02. The first-order chi connectivity index (χ1) is 11.5. The second kappa shape index (κ2) is 9.01. The second-order valence-electron chi connectivity index (χ2n) is 5.15. The number of unbranched alkanes of at least 4 members (excludes halogenated alkanes) is 1. The van der Waals surface area contributed by atoms with Crippen LogP contribution >= 0.6 is 34.5 Å². The van der Waals surface area contributed by atoms with Gasteiger partial charge in [-0.15, -0.1) is 11.3 Å². The molecular formula is C16H16Cl2N2O3S. The van der Waals surface area contributed by atoms with Crippen molar-refractivity contribution in [1.82, 2.24) is 10.3 Å². The molecule has 8 heteroatoms. The molecule has 0 atom stereocenters. The first-order valence-electron chi connectivity index (χ1n) is 7.34. The molecule has 2 aromatic rings. The van der Waals surface area contributed by atoms with Crippen molar-refractivity contribution >= 4 is 46.4 Å². The van der Waals surface area contributed by atoms with Gasteiger partial charge < -0.3 is 10.4 Å². The summed E-state index contributed by atoms with van der Waals surface area (Å²) in [4.78, 5) is 26.7. The molecule has 128 valence electrons. The molecule has 0 unspecified atom stereocenters. The summed E-state index contributed by atoms with van der Waals surface area (Å²) in [6.45, 7) is 0.464. The fourth-order valence-electron chi connectivity index (χ4n) is 2.03. The van der Waals surface area contributed by atoms with E-state index in [1.165, 1.54) is 11.3 Å². The van der Waals surface area contributed by atoms with Crippen molar-refractivity contribution in [1.29, 1.82) is 0 Å². The molecule has 0 fully saturated rings. The number of halogens is 2. The molecule has 0 radical (unpaired) electrons. The minimum Gasteiger partial charge on any atom is -0.481 e. The lowest BCUT2D eigenvalue weighted by Gasteiger charge is -2.03. The number of hydrogen-bond donors (Lipinski definition) is 2. The highest BCUT2D eigenvalue weighted by atomic mass is 35.5. The monoisotopic (exact) mass is 386 g/mol. The number of carboxylic acid groups (broad SMARTS) is 1. The molecule has 1 amide bonds. The number of carbonyl (C=O) groups is 2. The highest BCUT2D eigenvalue weighted by Crippen LogP contribution is 2.32. The van der Waals surface area contributed by atoms with Gasteiger partial charge in [-0.2, -0.15) is 0 Å². The summed E-state index contributed by atoms with van der Waals surface area (Å²) >= 11 is 13.5. The van der Waals surface area contributed by atoms with Gasteiger partial charge in [0.2, 0.25) is 5.91 Å². The van der Waals surface area contributed by atoms with Crippen LogP contribution in [0.1, 0.15) is 25.0 Å². The molecule has 0 saturated carbocycles. The Morgan fingerprint density at radius 1 is 1.25 bits per heavy atom. The minimum atomic E-state index is -0.822. The molecule has 0 saturated heterocycles. The Bertz CT molecular complexity index is 734. The lowest BCUT2D eigenvalue weighted by atomic mass is 10.2. The third-order valence-electron chi connectivity index (χ3n) is 3.19. The zero-order valence-corrected chi connectivity index (χ0v) is 15.0. The van der Waals surface area contributed by atoms with Crippen LogP contribution in [0.4, 0.5) is 0 Å². The first kappa shape index (κ1) is 18.7. The summed E-state index contributed by atoms with van der Waals surface area (Å²) in [5.41, 5.74) is 1.45. The van der Waals surface area contributed by atoms with Crippen LogP contribution in [-0.2, 0) is 16.0 Å². The first-order valence-corrected chi connectivity index (χ1v) is 8.97. The fraction of sp³-hybridized carbons (Fsp3) is 0.312. The van der Waals surface area contributed by atoms with Gasteiger partial charge in [0, 0.05) is 28.9 Å². The molecule has 0 aliphatic heterocycles. The Hall–Kier alpha value is -1.63. The van der Waals surface area contributed by atoms with E-state index in [9.17, 15) is 9.59 Å². The van der Waals surface area contributed by atoms with Crippen LogP contribution in [0.15, 0.2) is 23.6 Å². The van der Waals surface area contributed by atoms with E-state index < -0.39 is 5.97 Å². The number of hydrogen-bond acceptors (Lipinski definition) is 4. The molecule has 5 nitrogen and oxygen atoms in total. The number of carboxylic acids is 1. The van der Waals surface area contributed by atoms with E-state index >= 15 is 0 Å². The lowest BCUT2D eigenvalue weighted by Crippen LogP contribution is -2.26. The second-order valence-corrected chi connectivity index (χ2v) is 6.85. The number of nitrogens with one attached hydrogen (secondary N) is 1. The van der Waals surface area contributed by atoms with Gasteiger partial charge >= 0.3 is 5.97 Å². The SMILES string of the molecule is O=C(O)CCCCNC(=O)Cc1csc(-c2ccc(Cl)cc2Cl)n1. The number of rotatable bonds is 8. The van der Waals surface area contributed by atoms with Crippen molar-refractivity contribution in [2.24, 2.45) is 0 Å². The smallest absolute Gasteiger partial charge is 0.303 e. The van der Waals surface area contributed by atoms with Gasteiger partial charge in [-0.25, -0.2) is 4.98 Å². The molecule has 1 heterocycles. The van der Waals surface area contributed by atoms with Crippen LogP contribution in [0.2, 0.25) is 10.0 Å². The third kappa shape index (κ3) is 5.78. The normalized spacial score (nSPS) is 10.6. The van der Waals surface area contributed by atoms with E-state index in [0.29, 0.717) is 35.1 Å². The maximum atomic E-state index is 11.9. The number of amides is 1. The summed E-state index contributed by atoms with van der Waals surface area (Å²) in [5, 5.41) is 14.9. The molecule has 2 N–H and O–H groups in total. The molecule has 0 aliphatic rings. The van der Waals surface area contributed by atoms with Crippen molar-refractivity contribution in [2.75, 3.05) is 6.54 Å². The Morgan fingerprint density at radius 3 is 2.75 bits per heavy atom. The number of aromatic nitrogens is 1. The van der Waals surface area contributed by atoms with E-state index in [-0.39, 0.29) is 18.7 Å². The van der Waals surface area contributed by atoms with Crippen LogP contribution in [0.5, 0.6) is 0 Å². The van der Waals surface area contributed by atoms with Crippen LogP contribution in [0, 0.1) is 0 Å². The number of thiazole rings is 1. The Labute approximate surface area is 153 Å². The van der Waals surface area contributed by atoms with Crippen LogP contribution < -0.4 is 5.32 Å². The van der Waals surface area contributed by atoms with Gasteiger partial charge in [-0.05, 0) is 31.0 Å². The number of benzene rings is 1. The number of nitrogens with zero attached hydrogens (tertiary/aromatic N) is 1. The predicted molar refractivity (Wildman–Crippen MR) is 95.8 cm³/mol. The fourth-order valence-corrected chi connectivity index (χ4v) is 3.44. The molecule has 24 heavy (non-hydrogen) atoms. The standard InChI is InChI=1S/C16H16Cl2N2O3S/c17-10-4-5-12(13(18)7-10)16-20-11(9-24-16)8-14(21)19-6-2-1-3-15(22)23/h4-5,7,9H,1-3,6,8H2,(H,19,21)(H,22,23). The van der Waals surface area contributed by atoms with E-state index in [4.69, 9.17) is 28.3 Å². The average molecular weight is 387 g/mol. The zero-order valence-electron chi connectivity index (χ0n) is 12.7. The quantitative estimate of drug-likeness (QED) is 0.671. The van der Waals surface area contributed by atoms with Crippen LogP contribution in [-0.4, -0.2) is 28.5 Å². The summed E-state index contributed by atoms with van der Waals surface area (Å²) in [6.07, 6.45) is 1.49. The molecule has 2 rings (SSSR count). The molecule has 1 aromatic heterocycles. The van der Waals surface area contributed by atoms with Crippen molar-refractivity contribution in [3.05, 3.63) is 39.3 Å². The van der Waals surface area contributed by atoms with E-state index in [2.05, 4.69) is 10.3 Å². The molecule has 0 bridgehead atoms. The van der Waals surface area contributed by atoms with E-state index in [1.807, 2.05) is 5.38 Å². The van der Waals surface area contributed by atoms with Crippen molar-refractivity contribution in [3.63, 3.8) is 0 Å². The summed E-state index contributed by atoms with van der Waals surface area (Å²) < 4.78 is 0. The topological polar surface area (TPSA) is 79.3 Å². The molecule has 0 aliphatic carbocycles. The summed E-state index contributed by atoms with van der Waals surface area (Å²) in [7, 11) is 0. The lowest BCUT2D eigenvalue weighted by molar-refractivity contribution is -0.137. The highest BCUT2D eigenvalue weighted by Gasteiger charge is 2.11. The number of aliphatic carboxylic acids is 1. The van der Waals surface area contributed by atoms with Crippen molar-refractivity contribution in [2.45, 2.75) is 25.7 Å². The average Bonchev–Trinajstić information content (AvgIpc) is 2.94. The Morgan fingerprint density at radius 2 is 2.04 bits per heavy atom. The van der Waals surface area contributed by atoms with E-state index in [0.717, 1.165) is 10.6 Å². The molecular weight excluding hydrogens is 371 g/mol. The predicted octanol–water partition coefficient (Wildman–Crippen LogP) is 4.03. The van der Waals surface area contributed by atoms with Gasteiger partial charge in [0.25, 0.3) is 0 Å². The summed E-state index contributed by atoms with van der Waals surface area (Å²) in [5.74, 6) is -0.957. The van der Waals surface area contributed by atoms with Crippen LogP contribution in [0.3, 0.4) is 0 Å². The third-order valence-corrected chi connectivity index (χ3v) is 4.67. The summed E-state index contributed by atoms with van der Waals surface area (Å²) in [6, 6.07) is 5.20. The molecule has 0 spiro atoms. The van der Waals surface area contributed by atoms with E-state index in [1.54, 1.807) is 18.2 Å².